The Kier molecular flexibility index (Phi) is 8.29. The van der Waals surface area contributed by atoms with Crippen molar-refractivity contribution in [3.8, 4) is 11.3 Å². The minimum Gasteiger partial charge on any atom is -0.451 e. The van der Waals surface area contributed by atoms with Crippen LogP contribution in [-0.2, 0) is 21.3 Å². The van der Waals surface area contributed by atoms with Gasteiger partial charge in [0.15, 0.2) is 0 Å². The number of sulfonamides is 1. The molecule has 2 heterocycles. The van der Waals surface area contributed by atoms with Crippen LogP contribution in [-0.4, -0.2) is 74.2 Å². The number of nitrogens with zero attached hydrogens (tertiary/aromatic N) is 4. The Balaban J connectivity index is 1.62. The van der Waals surface area contributed by atoms with Crippen LogP contribution in [0.25, 0.3) is 22.2 Å². The van der Waals surface area contributed by atoms with E-state index in [0.29, 0.717) is 66.1 Å². The normalized spacial score (nSPS) is 14.5. The van der Waals surface area contributed by atoms with Crippen LogP contribution in [0, 0.1) is 0 Å². The first-order valence-electron chi connectivity index (χ1n) is 13.1. The fraction of sp³-hybridized carbons (Fsp3) is 0.233. The number of carbonyl (C=O) groups excluding carboxylic acids is 2. The lowest BCUT2D eigenvalue weighted by molar-refractivity contribution is 0.0940. The van der Waals surface area contributed by atoms with Gasteiger partial charge in [-0.25, -0.2) is 18.2 Å². The van der Waals surface area contributed by atoms with Crippen molar-refractivity contribution < 1.29 is 22.7 Å². The van der Waals surface area contributed by atoms with E-state index >= 15 is 0 Å². The van der Waals surface area contributed by atoms with Crippen molar-refractivity contribution in [1.29, 1.82) is 0 Å². The topological polar surface area (TPSA) is 112 Å². The van der Waals surface area contributed by atoms with Gasteiger partial charge < -0.3 is 4.74 Å². The van der Waals surface area contributed by atoms with Crippen LogP contribution in [0.2, 0.25) is 0 Å². The summed E-state index contributed by atoms with van der Waals surface area (Å²) in [7, 11) is -2.04. The van der Waals surface area contributed by atoms with Crippen LogP contribution in [0.3, 0.4) is 0 Å². The maximum atomic E-state index is 14.2. The number of hydrogen-bond acceptors (Lipinski definition) is 7. The highest BCUT2D eigenvalue weighted by atomic mass is 32.2. The van der Waals surface area contributed by atoms with Crippen LogP contribution in [0.15, 0.2) is 84.9 Å². The summed E-state index contributed by atoms with van der Waals surface area (Å²) in [4.78, 5) is 34.1. The van der Waals surface area contributed by atoms with Gasteiger partial charge >= 0.3 is 6.09 Å². The number of para-hydroxylation sites is 2. The van der Waals surface area contributed by atoms with Crippen LogP contribution in [0.1, 0.15) is 15.9 Å². The first-order valence-corrected chi connectivity index (χ1v) is 15.0. The number of rotatable bonds is 6. The van der Waals surface area contributed by atoms with Crippen molar-refractivity contribution in [1.82, 2.24) is 19.6 Å². The molecule has 1 aliphatic rings. The van der Waals surface area contributed by atoms with Gasteiger partial charge in [0.2, 0.25) is 10.0 Å². The summed E-state index contributed by atoms with van der Waals surface area (Å²) in [6, 6.07) is 25.7. The summed E-state index contributed by atoms with van der Waals surface area (Å²) in [5, 5.41) is 1.71. The molecule has 0 unspecified atom stereocenters. The van der Waals surface area contributed by atoms with Crippen molar-refractivity contribution in [2.45, 2.75) is 6.54 Å². The van der Waals surface area contributed by atoms with Crippen LogP contribution in [0.4, 0.5) is 10.5 Å². The molecule has 1 aromatic heterocycles. The first kappa shape index (κ1) is 28.2. The zero-order chi connectivity index (χ0) is 29.0. The van der Waals surface area contributed by atoms with Crippen LogP contribution in [0.5, 0.6) is 0 Å². The van der Waals surface area contributed by atoms with Crippen molar-refractivity contribution in [3.63, 3.8) is 0 Å². The summed E-state index contributed by atoms with van der Waals surface area (Å²) < 4.78 is 30.6. The Morgan fingerprint density at radius 1 is 0.902 bits per heavy atom. The van der Waals surface area contributed by atoms with Crippen LogP contribution < -0.4 is 10.4 Å². The number of amides is 2. The number of carbonyl (C=O) groups is 2. The third-order valence-electron chi connectivity index (χ3n) is 7.03. The van der Waals surface area contributed by atoms with Crippen molar-refractivity contribution >= 4 is 38.6 Å². The molecule has 0 radical (unpaired) electrons. The Labute approximate surface area is 239 Å². The fourth-order valence-corrected chi connectivity index (χ4v) is 5.81. The van der Waals surface area contributed by atoms with Gasteiger partial charge in [0.25, 0.3) is 5.91 Å². The van der Waals surface area contributed by atoms with E-state index in [-0.39, 0.29) is 0 Å². The lowest BCUT2D eigenvalue weighted by atomic mass is 9.95. The molecule has 4 aromatic rings. The average Bonchev–Trinajstić information content (AvgIpc) is 2.99. The number of piperazine rings is 1. The minimum atomic E-state index is -3.29. The SMILES string of the molecule is COC(=O)N(NC(=O)c1c(CN2CCN(S(C)(=O)=O)CC2)c(-c2ccccc2)nc2ccccc12)c1ccccc1. The Hall–Kier alpha value is -4.32. The molecule has 3 aromatic carbocycles. The number of nitrogens with one attached hydrogen (secondary N) is 1. The molecule has 1 N–H and O–H groups in total. The molecule has 1 fully saturated rings. The number of methoxy groups -OCH3 is 1. The Morgan fingerprint density at radius 2 is 1.51 bits per heavy atom. The van der Waals surface area contributed by atoms with Crippen molar-refractivity contribution in [2.75, 3.05) is 44.6 Å². The second kappa shape index (κ2) is 12.0. The highest BCUT2D eigenvalue weighted by Crippen LogP contribution is 2.32. The molecule has 10 nitrogen and oxygen atoms in total. The Morgan fingerprint density at radius 3 is 2.15 bits per heavy atom. The summed E-state index contributed by atoms with van der Waals surface area (Å²) >= 11 is 0. The maximum absolute atomic E-state index is 14.2. The van der Waals surface area contributed by atoms with Crippen molar-refractivity contribution in [3.05, 3.63) is 96.1 Å². The van der Waals surface area contributed by atoms with E-state index < -0.39 is 22.0 Å². The summed E-state index contributed by atoms with van der Waals surface area (Å²) in [6.07, 6.45) is 0.468. The molecule has 0 spiro atoms. The smallest absolute Gasteiger partial charge is 0.433 e. The van der Waals surface area contributed by atoms with Gasteiger partial charge in [-0.05, 0) is 18.2 Å². The molecule has 0 bridgehead atoms. The number of hydrogen-bond donors (Lipinski definition) is 1. The predicted molar refractivity (Wildman–Crippen MR) is 158 cm³/mol. The van der Waals surface area contributed by atoms with Gasteiger partial charge in [-0.15, -0.1) is 0 Å². The second-order valence-electron chi connectivity index (χ2n) is 9.72. The number of hydrazine groups is 1. The number of fused-ring (bicyclic) bond motifs is 1. The van der Waals surface area contributed by atoms with Crippen LogP contribution >= 0.6 is 0 Å². The van der Waals surface area contributed by atoms with Gasteiger partial charge in [-0.1, -0.05) is 66.7 Å². The molecule has 11 heteroatoms. The second-order valence-corrected chi connectivity index (χ2v) is 11.7. The number of benzene rings is 3. The molecule has 1 aliphatic heterocycles. The zero-order valence-corrected chi connectivity index (χ0v) is 23.7. The summed E-state index contributed by atoms with van der Waals surface area (Å²) in [5.41, 5.74) is 6.37. The lowest BCUT2D eigenvalue weighted by Crippen LogP contribution is -2.48. The monoisotopic (exact) mass is 573 g/mol. The average molecular weight is 574 g/mol. The number of anilines is 1. The third kappa shape index (κ3) is 6.22. The maximum Gasteiger partial charge on any atom is 0.433 e. The highest BCUT2D eigenvalue weighted by molar-refractivity contribution is 7.88. The summed E-state index contributed by atoms with van der Waals surface area (Å²) in [5.74, 6) is -0.500. The number of pyridine rings is 1. The van der Waals surface area contributed by atoms with Gasteiger partial charge in [0.05, 0.1) is 35.8 Å². The lowest BCUT2D eigenvalue weighted by Gasteiger charge is -2.34. The van der Waals surface area contributed by atoms with Crippen molar-refractivity contribution in [2.24, 2.45) is 0 Å². The molecule has 0 saturated carbocycles. The standard InChI is InChI=1S/C30H31N5O5S/c1-40-30(37)35(23-13-7-4-8-14-23)32-29(36)27-24-15-9-10-16-26(24)31-28(22-11-5-3-6-12-22)25(27)21-33-17-19-34(20-18-33)41(2,38)39/h3-16H,17-21H2,1-2H3,(H,32,36). The van der Waals surface area contributed by atoms with E-state index in [9.17, 15) is 18.0 Å². The van der Waals surface area contributed by atoms with E-state index in [1.54, 1.807) is 24.3 Å². The van der Waals surface area contributed by atoms with Gasteiger partial charge in [0.1, 0.15) is 0 Å². The molecule has 2 amide bonds. The third-order valence-corrected chi connectivity index (χ3v) is 8.34. The molecular weight excluding hydrogens is 542 g/mol. The molecule has 1 saturated heterocycles. The van der Waals surface area contributed by atoms with Gasteiger partial charge in [0, 0.05) is 49.2 Å². The fourth-order valence-electron chi connectivity index (χ4n) is 4.98. The van der Waals surface area contributed by atoms with Gasteiger partial charge in [-0.3, -0.25) is 15.1 Å². The summed E-state index contributed by atoms with van der Waals surface area (Å²) in [6.45, 7) is 2.05. The van der Waals surface area contributed by atoms with E-state index in [4.69, 9.17) is 9.72 Å². The largest absolute Gasteiger partial charge is 0.451 e. The quantitative estimate of drug-likeness (QED) is 0.348. The molecule has 0 atom stereocenters. The minimum absolute atomic E-state index is 0.353. The molecule has 41 heavy (non-hydrogen) atoms. The first-order chi connectivity index (χ1) is 19.8. The molecular formula is C30H31N5O5S. The van der Waals surface area contributed by atoms with E-state index in [0.717, 1.165) is 10.6 Å². The highest BCUT2D eigenvalue weighted by Gasteiger charge is 2.29. The Bertz CT molecular complexity index is 1660. The van der Waals surface area contributed by atoms with E-state index in [1.807, 2.05) is 60.7 Å². The molecule has 212 valence electrons. The van der Waals surface area contributed by atoms with E-state index in [2.05, 4.69) is 10.3 Å². The zero-order valence-electron chi connectivity index (χ0n) is 22.9. The molecule has 0 aliphatic carbocycles. The number of aromatic nitrogens is 1. The van der Waals surface area contributed by atoms with E-state index in [1.165, 1.54) is 17.7 Å². The predicted octanol–water partition coefficient (Wildman–Crippen LogP) is 3.90. The van der Waals surface area contributed by atoms with Gasteiger partial charge in [-0.2, -0.15) is 9.31 Å². The number of ether oxygens (including phenoxy) is 1. The molecule has 5 rings (SSSR count).